The summed E-state index contributed by atoms with van der Waals surface area (Å²) in [5.41, 5.74) is 0.170. The lowest BCUT2D eigenvalue weighted by atomic mass is 10.1. The normalized spacial score (nSPS) is 11.9. The summed E-state index contributed by atoms with van der Waals surface area (Å²) < 4.78 is 37.9. The predicted octanol–water partition coefficient (Wildman–Crippen LogP) is 4.12. The lowest BCUT2D eigenvalue weighted by Gasteiger charge is -2.09. The van der Waals surface area contributed by atoms with E-state index in [1.165, 1.54) is 6.07 Å². The first-order valence-corrected chi connectivity index (χ1v) is 7.17. The molecule has 0 aliphatic carbocycles. The molecule has 0 bridgehead atoms. The fourth-order valence-electron chi connectivity index (χ4n) is 1.96. The van der Waals surface area contributed by atoms with Gasteiger partial charge in [0.1, 0.15) is 5.76 Å². The Labute approximate surface area is 141 Å². The van der Waals surface area contributed by atoms with E-state index in [2.05, 4.69) is 5.32 Å². The van der Waals surface area contributed by atoms with Crippen LogP contribution in [-0.4, -0.2) is 16.8 Å². The third kappa shape index (κ3) is 4.94. The third-order valence-electron chi connectivity index (χ3n) is 3.29. The van der Waals surface area contributed by atoms with Gasteiger partial charge in [0.15, 0.2) is 0 Å². The van der Waals surface area contributed by atoms with Crippen LogP contribution in [0.2, 0.25) is 0 Å². The van der Waals surface area contributed by atoms with Crippen LogP contribution in [0.5, 0.6) is 0 Å². The van der Waals surface area contributed by atoms with Crippen LogP contribution in [0.3, 0.4) is 0 Å². The van der Waals surface area contributed by atoms with E-state index in [9.17, 15) is 27.9 Å². The molecule has 0 aliphatic rings. The summed E-state index contributed by atoms with van der Waals surface area (Å²) in [7, 11) is 0. The molecule has 2 rings (SSSR count). The topological polar surface area (TPSA) is 66.4 Å². The number of amides is 1. The van der Waals surface area contributed by atoms with E-state index < -0.39 is 29.2 Å². The Morgan fingerprint density at radius 1 is 1.08 bits per heavy atom. The number of carbonyl (C=O) groups is 2. The van der Waals surface area contributed by atoms with E-state index in [4.69, 9.17) is 0 Å². The van der Waals surface area contributed by atoms with Gasteiger partial charge in [-0.2, -0.15) is 13.2 Å². The van der Waals surface area contributed by atoms with Gasteiger partial charge in [-0.3, -0.25) is 9.59 Å². The molecule has 0 saturated heterocycles. The molecule has 2 aromatic carbocycles. The zero-order valence-corrected chi connectivity index (χ0v) is 13.1. The van der Waals surface area contributed by atoms with E-state index in [0.29, 0.717) is 17.7 Å². The first-order valence-electron chi connectivity index (χ1n) is 7.17. The lowest BCUT2D eigenvalue weighted by Crippen LogP contribution is -2.21. The van der Waals surface area contributed by atoms with Gasteiger partial charge >= 0.3 is 6.18 Å². The number of anilines is 1. The number of alkyl halides is 3. The number of nitrogens with one attached hydrogen (secondary N) is 1. The Morgan fingerprint density at radius 3 is 2.32 bits per heavy atom. The Balaban J connectivity index is 2.11. The number of aliphatic hydroxyl groups excluding tert-OH is 1. The van der Waals surface area contributed by atoms with Crippen molar-refractivity contribution in [3.05, 3.63) is 71.3 Å². The third-order valence-corrected chi connectivity index (χ3v) is 3.29. The Bertz CT molecular complexity index is 824. The second-order valence-electron chi connectivity index (χ2n) is 5.29. The van der Waals surface area contributed by atoms with Crippen LogP contribution in [0.1, 0.15) is 16.7 Å². The molecular weight excluding hydrogens is 335 g/mol. The SMILES string of the molecule is Cc1ccc(/C(O)=C/C(=O)C(=O)Nc2cccc(C(F)(F)F)c2)cc1. The number of hydrogen-bond acceptors (Lipinski definition) is 3. The molecule has 25 heavy (non-hydrogen) atoms. The number of aliphatic hydroxyl groups is 1. The van der Waals surface area contributed by atoms with Crippen LogP contribution in [0.25, 0.3) is 5.76 Å². The minimum absolute atomic E-state index is 0.170. The first kappa shape index (κ1) is 18.3. The van der Waals surface area contributed by atoms with Gasteiger partial charge in [0.05, 0.1) is 5.56 Å². The van der Waals surface area contributed by atoms with Crippen molar-refractivity contribution in [1.82, 2.24) is 0 Å². The maximum Gasteiger partial charge on any atom is 0.416 e. The Morgan fingerprint density at radius 2 is 1.72 bits per heavy atom. The van der Waals surface area contributed by atoms with Gasteiger partial charge in [-0.05, 0) is 25.1 Å². The molecule has 0 heterocycles. The molecule has 7 heteroatoms. The van der Waals surface area contributed by atoms with Crippen LogP contribution in [0, 0.1) is 6.92 Å². The van der Waals surface area contributed by atoms with E-state index in [1.54, 1.807) is 24.3 Å². The molecule has 2 aromatic rings. The highest BCUT2D eigenvalue weighted by Gasteiger charge is 2.30. The van der Waals surface area contributed by atoms with Crippen molar-refractivity contribution in [2.24, 2.45) is 0 Å². The molecule has 0 aromatic heterocycles. The fraction of sp³-hybridized carbons (Fsp3) is 0.111. The molecule has 0 spiro atoms. The lowest BCUT2D eigenvalue weighted by molar-refractivity contribution is -0.137. The van der Waals surface area contributed by atoms with Crippen LogP contribution in [-0.2, 0) is 15.8 Å². The summed E-state index contributed by atoms with van der Waals surface area (Å²) in [5.74, 6) is -2.65. The van der Waals surface area contributed by atoms with Gasteiger partial charge in [-0.25, -0.2) is 0 Å². The van der Waals surface area contributed by atoms with Crippen molar-refractivity contribution < 1.29 is 27.9 Å². The molecule has 0 saturated carbocycles. The van der Waals surface area contributed by atoms with Gasteiger partial charge in [0.2, 0.25) is 5.78 Å². The van der Waals surface area contributed by atoms with Crippen molar-refractivity contribution in [3.63, 3.8) is 0 Å². The van der Waals surface area contributed by atoms with Crippen LogP contribution in [0.4, 0.5) is 18.9 Å². The quantitative estimate of drug-likeness (QED) is 0.496. The van der Waals surface area contributed by atoms with Crippen LogP contribution < -0.4 is 5.32 Å². The van der Waals surface area contributed by atoms with E-state index in [1.807, 2.05) is 6.92 Å². The van der Waals surface area contributed by atoms with Crippen molar-refractivity contribution in [1.29, 1.82) is 0 Å². The van der Waals surface area contributed by atoms with Crippen molar-refractivity contribution in [2.45, 2.75) is 13.1 Å². The highest BCUT2D eigenvalue weighted by Crippen LogP contribution is 2.30. The molecule has 0 aliphatic heterocycles. The van der Waals surface area contributed by atoms with Crippen molar-refractivity contribution in [2.75, 3.05) is 5.32 Å². The molecule has 0 radical (unpaired) electrons. The number of benzene rings is 2. The first-order chi connectivity index (χ1) is 11.7. The van der Waals surface area contributed by atoms with Crippen molar-refractivity contribution >= 4 is 23.1 Å². The number of aryl methyl sites for hydroxylation is 1. The molecule has 2 N–H and O–H groups in total. The minimum atomic E-state index is -4.56. The van der Waals surface area contributed by atoms with Gasteiger partial charge in [-0.15, -0.1) is 0 Å². The van der Waals surface area contributed by atoms with Gasteiger partial charge < -0.3 is 10.4 Å². The zero-order chi connectivity index (χ0) is 18.6. The smallest absolute Gasteiger partial charge is 0.416 e. The number of hydrogen-bond donors (Lipinski definition) is 2. The Hall–Kier alpha value is -3.09. The summed E-state index contributed by atoms with van der Waals surface area (Å²) in [6.07, 6.45) is -3.85. The van der Waals surface area contributed by atoms with E-state index in [0.717, 1.165) is 17.7 Å². The molecule has 0 atom stereocenters. The van der Waals surface area contributed by atoms with Crippen LogP contribution >= 0.6 is 0 Å². The molecule has 4 nitrogen and oxygen atoms in total. The van der Waals surface area contributed by atoms with Gasteiger partial charge in [-0.1, -0.05) is 35.9 Å². The average molecular weight is 349 g/mol. The highest BCUT2D eigenvalue weighted by atomic mass is 19.4. The highest BCUT2D eigenvalue weighted by molar-refractivity contribution is 6.45. The standard InChI is InChI=1S/C18H14F3NO3/c1-11-5-7-12(8-6-11)15(23)10-16(24)17(25)22-14-4-2-3-13(9-14)18(19,20)21/h2-10,23H,1H3,(H,22,25)/b15-10-. The summed E-state index contributed by atoms with van der Waals surface area (Å²) >= 11 is 0. The summed E-state index contributed by atoms with van der Waals surface area (Å²) in [6, 6.07) is 10.5. The molecule has 0 fully saturated rings. The van der Waals surface area contributed by atoms with Gasteiger partial charge in [0.25, 0.3) is 5.91 Å². The zero-order valence-electron chi connectivity index (χ0n) is 13.1. The number of ketones is 1. The monoisotopic (exact) mass is 349 g/mol. The number of rotatable bonds is 4. The Kier molecular flexibility index (Phi) is 5.26. The number of carbonyl (C=O) groups excluding carboxylic acids is 2. The predicted molar refractivity (Wildman–Crippen MR) is 86.9 cm³/mol. The number of halogens is 3. The summed E-state index contributed by atoms with van der Waals surface area (Å²) in [5, 5.41) is 11.9. The average Bonchev–Trinajstić information content (AvgIpc) is 2.54. The van der Waals surface area contributed by atoms with Gasteiger partial charge in [0, 0.05) is 17.3 Å². The molecule has 130 valence electrons. The maximum absolute atomic E-state index is 12.6. The maximum atomic E-state index is 12.6. The van der Waals surface area contributed by atoms with E-state index >= 15 is 0 Å². The summed E-state index contributed by atoms with van der Waals surface area (Å²) in [6.45, 7) is 1.85. The molecule has 1 amide bonds. The summed E-state index contributed by atoms with van der Waals surface area (Å²) in [4.78, 5) is 23.6. The van der Waals surface area contributed by atoms with Crippen LogP contribution in [0.15, 0.2) is 54.6 Å². The second kappa shape index (κ2) is 7.21. The second-order valence-corrected chi connectivity index (χ2v) is 5.29. The molecule has 0 unspecified atom stereocenters. The molecular formula is C18H14F3NO3. The minimum Gasteiger partial charge on any atom is -0.507 e. The van der Waals surface area contributed by atoms with E-state index in [-0.39, 0.29) is 5.69 Å². The fourth-order valence-corrected chi connectivity index (χ4v) is 1.96. The largest absolute Gasteiger partial charge is 0.507 e. The van der Waals surface area contributed by atoms with Crippen molar-refractivity contribution in [3.8, 4) is 0 Å².